The van der Waals surface area contributed by atoms with E-state index in [9.17, 15) is 14.9 Å². The first-order valence-electron chi connectivity index (χ1n) is 6.44. The molecule has 6 nitrogen and oxygen atoms in total. The van der Waals surface area contributed by atoms with Gasteiger partial charge in [0, 0.05) is 6.07 Å². The Labute approximate surface area is 117 Å². The van der Waals surface area contributed by atoms with Crippen LogP contribution in [0.4, 0.5) is 5.69 Å². The second-order valence-electron chi connectivity index (χ2n) is 5.22. The van der Waals surface area contributed by atoms with Crippen LogP contribution in [-0.2, 0) is 4.79 Å². The zero-order valence-corrected chi connectivity index (χ0v) is 11.7. The van der Waals surface area contributed by atoms with E-state index in [0.717, 1.165) is 0 Å². The summed E-state index contributed by atoms with van der Waals surface area (Å²) in [4.78, 5) is 21.2. The van der Waals surface area contributed by atoms with Crippen LogP contribution in [0.15, 0.2) is 24.3 Å². The molecule has 0 aromatic heterocycles. The van der Waals surface area contributed by atoms with Gasteiger partial charge in [-0.25, -0.2) is 0 Å². The molecule has 20 heavy (non-hydrogen) atoms. The Hall–Kier alpha value is -2.11. The maximum Gasteiger partial charge on any atom is 0.310 e. The van der Waals surface area contributed by atoms with Gasteiger partial charge in [0.1, 0.15) is 0 Å². The van der Waals surface area contributed by atoms with E-state index in [1.807, 2.05) is 0 Å². The van der Waals surface area contributed by atoms with Gasteiger partial charge in [0.05, 0.1) is 16.9 Å². The summed E-state index contributed by atoms with van der Waals surface area (Å²) >= 11 is 0. The number of para-hydroxylation sites is 2. The highest BCUT2D eigenvalue weighted by Gasteiger charge is 2.26. The number of carboxylic acids is 1. The highest BCUT2D eigenvalue weighted by molar-refractivity contribution is 5.73. The number of nitro groups is 1. The number of nitro benzene ring substituents is 1. The van der Waals surface area contributed by atoms with E-state index in [0.29, 0.717) is 25.9 Å². The Kier molecular flexibility index (Phi) is 5.49. The molecule has 0 aliphatic heterocycles. The Bertz CT molecular complexity index is 484. The molecule has 110 valence electrons. The third-order valence-corrected chi connectivity index (χ3v) is 3.09. The highest BCUT2D eigenvalue weighted by atomic mass is 16.6. The molecule has 0 spiro atoms. The van der Waals surface area contributed by atoms with Crippen LogP contribution in [0.3, 0.4) is 0 Å². The van der Waals surface area contributed by atoms with Crippen LogP contribution in [0.25, 0.3) is 0 Å². The Morgan fingerprint density at radius 3 is 2.60 bits per heavy atom. The number of aliphatic carboxylic acids is 1. The first kappa shape index (κ1) is 15.9. The van der Waals surface area contributed by atoms with Crippen molar-refractivity contribution in [2.24, 2.45) is 5.41 Å². The zero-order valence-electron chi connectivity index (χ0n) is 11.7. The maximum atomic E-state index is 10.9. The summed E-state index contributed by atoms with van der Waals surface area (Å²) in [5.41, 5.74) is -0.808. The number of carbonyl (C=O) groups is 1. The topological polar surface area (TPSA) is 89.7 Å². The van der Waals surface area contributed by atoms with Crippen LogP contribution in [0.2, 0.25) is 0 Å². The Morgan fingerprint density at radius 1 is 1.35 bits per heavy atom. The molecule has 0 aliphatic rings. The van der Waals surface area contributed by atoms with E-state index < -0.39 is 16.3 Å². The van der Waals surface area contributed by atoms with E-state index in [2.05, 4.69) is 0 Å². The maximum absolute atomic E-state index is 10.9. The van der Waals surface area contributed by atoms with E-state index in [-0.39, 0.29) is 11.4 Å². The molecule has 1 aromatic rings. The van der Waals surface area contributed by atoms with Crippen LogP contribution in [-0.4, -0.2) is 22.6 Å². The van der Waals surface area contributed by atoms with Crippen molar-refractivity contribution < 1.29 is 19.6 Å². The van der Waals surface area contributed by atoms with E-state index in [1.165, 1.54) is 6.07 Å². The fraction of sp³-hybridized carbons (Fsp3) is 0.500. The third-order valence-electron chi connectivity index (χ3n) is 3.09. The number of nitrogens with zero attached hydrogens (tertiary/aromatic N) is 1. The summed E-state index contributed by atoms with van der Waals surface area (Å²) < 4.78 is 5.38. The van der Waals surface area contributed by atoms with E-state index in [4.69, 9.17) is 9.84 Å². The molecule has 0 bridgehead atoms. The lowest BCUT2D eigenvalue weighted by molar-refractivity contribution is -0.385. The second-order valence-corrected chi connectivity index (χ2v) is 5.22. The molecule has 0 amide bonds. The molecule has 1 N–H and O–H groups in total. The molecular formula is C14H19NO5. The molecule has 6 heteroatoms. The number of hydrogen-bond donors (Lipinski definition) is 1. The number of hydrogen-bond acceptors (Lipinski definition) is 4. The largest absolute Gasteiger partial charge is 0.487 e. The fourth-order valence-corrected chi connectivity index (χ4v) is 1.69. The Morgan fingerprint density at radius 2 is 2.00 bits per heavy atom. The number of unbranched alkanes of at least 4 members (excludes halogenated alkanes) is 1. The molecule has 1 rings (SSSR count). The summed E-state index contributed by atoms with van der Waals surface area (Å²) in [7, 11) is 0. The molecule has 0 radical (unpaired) electrons. The van der Waals surface area contributed by atoms with Crippen LogP contribution >= 0.6 is 0 Å². The zero-order chi connectivity index (χ0) is 15.2. The van der Waals surface area contributed by atoms with Gasteiger partial charge in [-0.2, -0.15) is 0 Å². The van der Waals surface area contributed by atoms with Crippen molar-refractivity contribution in [3.05, 3.63) is 34.4 Å². The average Bonchev–Trinajstić information content (AvgIpc) is 2.38. The number of ether oxygens (including phenoxy) is 1. The van der Waals surface area contributed by atoms with Crippen LogP contribution < -0.4 is 4.74 Å². The van der Waals surface area contributed by atoms with E-state index in [1.54, 1.807) is 32.0 Å². The molecular weight excluding hydrogens is 262 g/mol. The monoisotopic (exact) mass is 281 g/mol. The summed E-state index contributed by atoms with van der Waals surface area (Å²) in [6, 6.07) is 6.21. The number of rotatable bonds is 8. The van der Waals surface area contributed by atoms with Crippen LogP contribution in [0, 0.1) is 15.5 Å². The van der Waals surface area contributed by atoms with Gasteiger partial charge in [0.2, 0.25) is 0 Å². The molecule has 0 aliphatic carbocycles. The van der Waals surface area contributed by atoms with Crippen molar-refractivity contribution in [1.29, 1.82) is 0 Å². The van der Waals surface area contributed by atoms with Crippen LogP contribution in [0.1, 0.15) is 33.1 Å². The van der Waals surface area contributed by atoms with Crippen LogP contribution in [0.5, 0.6) is 5.75 Å². The summed E-state index contributed by atoms with van der Waals surface area (Å²) in [6.45, 7) is 3.69. The van der Waals surface area contributed by atoms with Gasteiger partial charge in [-0.1, -0.05) is 12.1 Å². The lowest BCUT2D eigenvalue weighted by Crippen LogP contribution is -2.23. The average molecular weight is 281 g/mol. The molecule has 0 atom stereocenters. The van der Waals surface area contributed by atoms with Crippen molar-refractivity contribution >= 4 is 11.7 Å². The predicted molar refractivity (Wildman–Crippen MR) is 73.9 cm³/mol. The summed E-state index contributed by atoms with van der Waals surface area (Å²) in [5, 5.41) is 19.7. The van der Waals surface area contributed by atoms with Gasteiger partial charge in [0.15, 0.2) is 5.75 Å². The molecule has 0 fully saturated rings. The van der Waals surface area contributed by atoms with Crippen molar-refractivity contribution in [1.82, 2.24) is 0 Å². The summed E-state index contributed by atoms with van der Waals surface area (Å²) in [5.74, 6) is -0.577. The molecule has 0 heterocycles. The van der Waals surface area contributed by atoms with Gasteiger partial charge < -0.3 is 9.84 Å². The number of carboxylic acid groups (broad SMARTS) is 1. The predicted octanol–water partition coefficient (Wildman–Crippen LogP) is 3.25. The molecule has 0 unspecified atom stereocenters. The second kappa shape index (κ2) is 6.88. The molecule has 0 saturated heterocycles. The van der Waals surface area contributed by atoms with Crippen molar-refractivity contribution in [2.45, 2.75) is 33.1 Å². The van der Waals surface area contributed by atoms with Gasteiger partial charge in [-0.15, -0.1) is 0 Å². The molecule has 0 saturated carbocycles. The van der Waals surface area contributed by atoms with E-state index >= 15 is 0 Å². The Balaban J connectivity index is 2.39. The van der Waals surface area contributed by atoms with Gasteiger partial charge in [-0.3, -0.25) is 14.9 Å². The lowest BCUT2D eigenvalue weighted by atomic mass is 9.87. The minimum absolute atomic E-state index is 0.0571. The van der Waals surface area contributed by atoms with Crippen molar-refractivity contribution in [3.63, 3.8) is 0 Å². The SMILES string of the molecule is CC(C)(CCCCOc1ccccc1[N+](=O)[O-])C(=O)O. The first-order chi connectivity index (χ1) is 9.34. The van der Waals surface area contributed by atoms with Gasteiger partial charge >= 0.3 is 11.7 Å². The number of benzene rings is 1. The van der Waals surface area contributed by atoms with Gasteiger partial charge in [-0.05, 0) is 39.2 Å². The standard InChI is InChI=1S/C14H19NO5/c1-14(2,13(16)17)9-5-6-10-20-12-8-4-3-7-11(12)15(18)19/h3-4,7-8H,5-6,9-10H2,1-2H3,(H,16,17). The summed E-state index contributed by atoms with van der Waals surface area (Å²) in [6.07, 6.45) is 1.89. The lowest BCUT2D eigenvalue weighted by Gasteiger charge is -2.18. The van der Waals surface area contributed by atoms with Crippen molar-refractivity contribution in [3.8, 4) is 5.75 Å². The molecule has 1 aromatic carbocycles. The third kappa shape index (κ3) is 4.53. The minimum Gasteiger partial charge on any atom is -0.487 e. The smallest absolute Gasteiger partial charge is 0.310 e. The minimum atomic E-state index is -0.822. The van der Waals surface area contributed by atoms with Crippen molar-refractivity contribution in [2.75, 3.05) is 6.61 Å². The first-order valence-corrected chi connectivity index (χ1v) is 6.44. The fourth-order valence-electron chi connectivity index (χ4n) is 1.69. The normalized spacial score (nSPS) is 11.1. The van der Waals surface area contributed by atoms with Gasteiger partial charge in [0.25, 0.3) is 0 Å². The highest BCUT2D eigenvalue weighted by Crippen LogP contribution is 2.27. The quantitative estimate of drug-likeness (QED) is 0.448.